The summed E-state index contributed by atoms with van der Waals surface area (Å²) in [6.07, 6.45) is 8.09. The number of alkyl halides is 1. The van der Waals surface area contributed by atoms with Gasteiger partial charge in [0.05, 0.1) is 6.33 Å². The molecule has 0 aromatic carbocycles. The van der Waals surface area contributed by atoms with Crippen molar-refractivity contribution in [1.82, 2.24) is 9.55 Å². The lowest BCUT2D eigenvalue weighted by atomic mass is 10.7. The van der Waals surface area contributed by atoms with Crippen molar-refractivity contribution < 1.29 is 0 Å². The maximum absolute atomic E-state index is 3.96. The van der Waals surface area contributed by atoms with Crippen LogP contribution in [0, 0.1) is 0 Å². The maximum Gasteiger partial charge on any atom is 0.101 e. The predicted molar refractivity (Wildman–Crippen MR) is 38.4 cm³/mol. The van der Waals surface area contributed by atoms with Gasteiger partial charge in [0.2, 0.25) is 0 Å². The molecule has 2 rings (SSSR count). The lowest BCUT2D eigenvalue weighted by Crippen LogP contribution is -2.04. The first-order valence-electron chi connectivity index (χ1n) is 2.99. The Morgan fingerprint density at radius 1 is 1.56 bits per heavy atom. The molecule has 1 fully saturated rings. The van der Waals surface area contributed by atoms with E-state index in [0.29, 0.717) is 0 Å². The van der Waals surface area contributed by atoms with Crippen molar-refractivity contribution in [3.8, 4) is 0 Å². The molecule has 0 aliphatic heterocycles. The third-order valence-electron chi connectivity index (χ3n) is 1.63. The zero-order chi connectivity index (χ0) is 6.32. The third kappa shape index (κ3) is 0.796. The number of nitrogens with zero attached hydrogens (tertiary/aromatic N) is 2. The van der Waals surface area contributed by atoms with Crippen LogP contribution in [0.15, 0.2) is 18.7 Å². The zero-order valence-corrected chi connectivity index (χ0v) is 6.50. The predicted octanol–water partition coefficient (Wildman–Crippen LogP) is 1.72. The largest absolute Gasteiger partial charge is 0.322 e. The standard InChI is InChI=1S/C6H7BrN2/c7-6(1-2-6)9-4-3-8-5-9/h3-5H,1-2H2. The number of aromatic nitrogens is 2. The number of hydrogen-bond acceptors (Lipinski definition) is 1. The van der Waals surface area contributed by atoms with Crippen molar-refractivity contribution in [3.63, 3.8) is 0 Å². The van der Waals surface area contributed by atoms with Gasteiger partial charge < -0.3 is 4.57 Å². The van der Waals surface area contributed by atoms with Crippen molar-refractivity contribution in [1.29, 1.82) is 0 Å². The summed E-state index contributed by atoms with van der Waals surface area (Å²) in [5.41, 5.74) is 0. The van der Waals surface area contributed by atoms with E-state index in [9.17, 15) is 0 Å². The second-order valence-corrected chi connectivity index (χ2v) is 3.86. The fourth-order valence-electron chi connectivity index (χ4n) is 0.858. The Morgan fingerprint density at radius 2 is 2.33 bits per heavy atom. The molecule has 0 spiro atoms. The molecule has 0 saturated heterocycles. The molecule has 1 heterocycles. The molecular weight excluding hydrogens is 180 g/mol. The van der Waals surface area contributed by atoms with Gasteiger partial charge in [-0.25, -0.2) is 4.98 Å². The first-order valence-corrected chi connectivity index (χ1v) is 3.78. The van der Waals surface area contributed by atoms with Crippen LogP contribution in [0.1, 0.15) is 12.8 Å². The van der Waals surface area contributed by atoms with E-state index in [0.717, 1.165) is 0 Å². The molecule has 48 valence electrons. The summed E-state index contributed by atoms with van der Waals surface area (Å²) in [6, 6.07) is 0. The topological polar surface area (TPSA) is 17.8 Å². The second kappa shape index (κ2) is 1.59. The minimum Gasteiger partial charge on any atom is -0.322 e. The van der Waals surface area contributed by atoms with Gasteiger partial charge in [-0.1, -0.05) is 15.9 Å². The van der Waals surface area contributed by atoms with Crippen LogP contribution in [0.4, 0.5) is 0 Å². The highest BCUT2D eigenvalue weighted by Crippen LogP contribution is 2.48. The molecule has 1 aliphatic carbocycles. The summed E-state index contributed by atoms with van der Waals surface area (Å²) in [5, 5.41) is 0. The molecule has 1 aliphatic rings. The summed E-state index contributed by atoms with van der Waals surface area (Å²) in [4.78, 5) is 3.96. The van der Waals surface area contributed by atoms with Gasteiger partial charge in [-0.3, -0.25) is 0 Å². The third-order valence-corrected chi connectivity index (χ3v) is 2.83. The zero-order valence-electron chi connectivity index (χ0n) is 4.92. The number of rotatable bonds is 1. The van der Waals surface area contributed by atoms with Crippen LogP contribution in [0.3, 0.4) is 0 Å². The van der Waals surface area contributed by atoms with E-state index in [1.807, 2.05) is 12.5 Å². The van der Waals surface area contributed by atoms with Crippen LogP contribution in [-0.4, -0.2) is 9.55 Å². The summed E-state index contributed by atoms with van der Waals surface area (Å²) in [6.45, 7) is 0. The van der Waals surface area contributed by atoms with Crippen molar-refractivity contribution >= 4 is 15.9 Å². The normalized spacial score (nSPS) is 21.9. The molecule has 3 heteroatoms. The minimum absolute atomic E-state index is 0.240. The van der Waals surface area contributed by atoms with Gasteiger partial charge in [0.25, 0.3) is 0 Å². The molecule has 0 N–H and O–H groups in total. The van der Waals surface area contributed by atoms with Gasteiger partial charge in [0.15, 0.2) is 0 Å². The average Bonchev–Trinajstić information content (AvgIpc) is 2.46. The molecule has 1 saturated carbocycles. The van der Waals surface area contributed by atoms with Crippen molar-refractivity contribution in [3.05, 3.63) is 18.7 Å². The first kappa shape index (κ1) is 5.47. The lowest BCUT2D eigenvalue weighted by Gasteiger charge is -2.05. The van der Waals surface area contributed by atoms with E-state index in [1.54, 1.807) is 6.20 Å². The van der Waals surface area contributed by atoms with Crippen LogP contribution in [-0.2, 0) is 4.45 Å². The Labute approximate surface area is 62.0 Å². The van der Waals surface area contributed by atoms with Gasteiger partial charge in [0, 0.05) is 12.4 Å². The molecule has 0 atom stereocenters. The van der Waals surface area contributed by atoms with E-state index < -0.39 is 0 Å². The van der Waals surface area contributed by atoms with Crippen LogP contribution < -0.4 is 0 Å². The molecule has 2 nitrogen and oxygen atoms in total. The summed E-state index contributed by atoms with van der Waals surface area (Å²) in [7, 11) is 0. The van der Waals surface area contributed by atoms with Gasteiger partial charge in [-0.15, -0.1) is 0 Å². The molecule has 0 bridgehead atoms. The van der Waals surface area contributed by atoms with Gasteiger partial charge in [-0.05, 0) is 12.8 Å². The highest BCUT2D eigenvalue weighted by atomic mass is 79.9. The Morgan fingerprint density at radius 3 is 2.78 bits per heavy atom. The van der Waals surface area contributed by atoms with Crippen LogP contribution in [0.2, 0.25) is 0 Å². The number of hydrogen-bond donors (Lipinski definition) is 0. The molecular formula is C6H7BrN2. The minimum atomic E-state index is 0.240. The summed E-state index contributed by atoms with van der Waals surface area (Å²) >= 11 is 3.60. The first-order chi connectivity index (χ1) is 4.31. The Balaban J connectivity index is 2.34. The quantitative estimate of drug-likeness (QED) is 0.612. The van der Waals surface area contributed by atoms with Crippen molar-refractivity contribution in [2.75, 3.05) is 0 Å². The van der Waals surface area contributed by atoms with Gasteiger partial charge in [-0.2, -0.15) is 0 Å². The Bertz CT molecular complexity index is 201. The maximum atomic E-state index is 3.96. The fourth-order valence-corrected chi connectivity index (χ4v) is 1.27. The monoisotopic (exact) mass is 186 g/mol. The van der Waals surface area contributed by atoms with Crippen LogP contribution in [0.25, 0.3) is 0 Å². The summed E-state index contributed by atoms with van der Waals surface area (Å²) < 4.78 is 2.34. The fraction of sp³-hybridized carbons (Fsp3) is 0.500. The number of imidazole rings is 1. The summed E-state index contributed by atoms with van der Waals surface area (Å²) in [5.74, 6) is 0. The van der Waals surface area contributed by atoms with Crippen molar-refractivity contribution in [2.24, 2.45) is 0 Å². The lowest BCUT2D eigenvalue weighted by molar-refractivity contribution is 0.694. The van der Waals surface area contributed by atoms with Crippen LogP contribution in [0.5, 0.6) is 0 Å². The smallest absolute Gasteiger partial charge is 0.101 e. The average molecular weight is 187 g/mol. The van der Waals surface area contributed by atoms with Gasteiger partial charge >= 0.3 is 0 Å². The highest BCUT2D eigenvalue weighted by Gasteiger charge is 2.41. The molecule has 0 amide bonds. The molecule has 0 unspecified atom stereocenters. The highest BCUT2D eigenvalue weighted by molar-refractivity contribution is 9.09. The molecule has 9 heavy (non-hydrogen) atoms. The van der Waals surface area contributed by atoms with E-state index in [4.69, 9.17) is 0 Å². The van der Waals surface area contributed by atoms with Crippen LogP contribution >= 0.6 is 15.9 Å². The Kier molecular flexibility index (Phi) is 0.970. The second-order valence-electron chi connectivity index (χ2n) is 2.39. The molecule has 1 aromatic rings. The van der Waals surface area contributed by atoms with E-state index >= 15 is 0 Å². The Hall–Kier alpha value is -0.310. The van der Waals surface area contributed by atoms with E-state index in [2.05, 4.69) is 25.5 Å². The molecule has 0 radical (unpaired) electrons. The SMILES string of the molecule is BrC1(n2ccnc2)CC1. The number of halogens is 1. The molecule has 1 aromatic heterocycles. The van der Waals surface area contributed by atoms with Crippen molar-refractivity contribution in [2.45, 2.75) is 17.3 Å². The van der Waals surface area contributed by atoms with E-state index in [1.165, 1.54) is 12.8 Å². The van der Waals surface area contributed by atoms with E-state index in [-0.39, 0.29) is 4.45 Å². The van der Waals surface area contributed by atoms with Gasteiger partial charge in [0.1, 0.15) is 4.45 Å².